The fourth-order valence-electron chi connectivity index (χ4n) is 3.71. The second kappa shape index (κ2) is 7.38. The van der Waals surface area contributed by atoms with E-state index >= 15 is 0 Å². The lowest BCUT2D eigenvalue weighted by molar-refractivity contribution is -0.146. The topological polar surface area (TPSA) is 80.8 Å². The fraction of sp³-hybridized carbons (Fsp3) is 0.273. The summed E-state index contributed by atoms with van der Waals surface area (Å²) in [6.45, 7) is -0.909. The third-order valence-corrected chi connectivity index (χ3v) is 5.21. The van der Waals surface area contributed by atoms with E-state index < -0.39 is 30.9 Å². The summed E-state index contributed by atoms with van der Waals surface area (Å²) in [5.41, 5.74) is 3.99. The second-order valence-corrected chi connectivity index (χ2v) is 7.04. The Morgan fingerprint density at radius 2 is 1.75 bits per heavy atom. The van der Waals surface area contributed by atoms with Crippen molar-refractivity contribution in [3.05, 3.63) is 70.3 Å². The van der Waals surface area contributed by atoms with E-state index in [1.807, 2.05) is 12.1 Å². The molecule has 0 saturated carbocycles. The van der Waals surface area contributed by atoms with E-state index in [0.717, 1.165) is 24.2 Å². The van der Waals surface area contributed by atoms with Gasteiger partial charge in [-0.05, 0) is 48.1 Å². The van der Waals surface area contributed by atoms with Crippen molar-refractivity contribution in [2.45, 2.75) is 25.7 Å². The molecule has 6 nitrogen and oxygen atoms in total. The molecular formula is C22H19NO5. The van der Waals surface area contributed by atoms with Crippen molar-refractivity contribution in [1.82, 2.24) is 4.90 Å². The van der Waals surface area contributed by atoms with Gasteiger partial charge in [-0.3, -0.25) is 24.1 Å². The first-order valence-corrected chi connectivity index (χ1v) is 9.26. The number of carbonyl (C=O) groups is 4. The van der Waals surface area contributed by atoms with Gasteiger partial charge in [0.1, 0.15) is 6.54 Å². The zero-order valence-corrected chi connectivity index (χ0v) is 15.3. The molecule has 0 unspecified atom stereocenters. The van der Waals surface area contributed by atoms with Gasteiger partial charge in [0.2, 0.25) is 5.91 Å². The van der Waals surface area contributed by atoms with Crippen LogP contribution in [0.25, 0.3) is 0 Å². The zero-order valence-electron chi connectivity index (χ0n) is 15.3. The van der Waals surface area contributed by atoms with Crippen LogP contribution in [0.15, 0.2) is 42.5 Å². The summed E-state index contributed by atoms with van der Waals surface area (Å²) in [5, 5.41) is 0. The number of amides is 2. The minimum absolute atomic E-state index is 0.0588. The maximum absolute atomic E-state index is 12.5. The second-order valence-electron chi connectivity index (χ2n) is 7.04. The van der Waals surface area contributed by atoms with Crippen LogP contribution in [0.5, 0.6) is 0 Å². The zero-order chi connectivity index (χ0) is 19.7. The SMILES string of the molecule is O=C(CN1C(=O)Cc2ccccc2C1=O)OCC(=O)c1ccc2c(c1)CCC2. The van der Waals surface area contributed by atoms with Crippen molar-refractivity contribution >= 4 is 23.6 Å². The van der Waals surface area contributed by atoms with Gasteiger partial charge in [-0.1, -0.05) is 30.3 Å². The first-order chi connectivity index (χ1) is 13.5. The van der Waals surface area contributed by atoms with Crippen molar-refractivity contribution in [1.29, 1.82) is 0 Å². The number of imide groups is 1. The smallest absolute Gasteiger partial charge is 0.326 e. The normalized spacial score (nSPS) is 15.2. The molecule has 0 N–H and O–H groups in total. The molecule has 2 aromatic carbocycles. The number of rotatable bonds is 5. The number of ether oxygens (including phenoxy) is 1. The molecule has 0 atom stereocenters. The highest BCUT2D eigenvalue weighted by molar-refractivity contribution is 6.11. The third-order valence-electron chi connectivity index (χ3n) is 5.21. The molecule has 1 aliphatic heterocycles. The summed E-state index contributed by atoms with van der Waals surface area (Å²) in [6, 6.07) is 12.4. The molecule has 1 aliphatic carbocycles. The molecular weight excluding hydrogens is 358 g/mol. The van der Waals surface area contributed by atoms with Gasteiger partial charge in [0.25, 0.3) is 5.91 Å². The van der Waals surface area contributed by atoms with Crippen LogP contribution in [-0.4, -0.2) is 41.6 Å². The monoisotopic (exact) mass is 377 g/mol. The maximum atomic E-state index is 12.5. The molecule has 1 heterocycles. The van der Waals surface area contributed by atoms with Crippen molar-refractivity contribution in [2.24, 2.45) is 0 Å². The standard InChI is InChI=1S/C22H19NO5/c24-19(17-9-8-14-5-3-6-15(14)10-17)13-28-21(26)12-23-20(25)11-16-4-1-2-7-18(16)22(23)27/h1-2,4,7-10H,3,5-6,11-13H2. The van der Waals surface area contributed by atoms with Gasteiger partial charge in [-0.2, -0.15) is 0 Å². The first-order valence-electron chi connectivity index (χ1n) is 9.26. The van der Waals surface area contributed by atoms with E-state index in [0.29, 0.717) is 16.7 Å². The Hall–Kier alpha value is -3.28. The number of carbonyl (C=O) groups excluding carboxylic acids is 4. The number of benzene rings is 2. The van der Waals surface area contributed by atoms with Crippen LogP contribution >= 0.6 is 0 Å². The minimum atomic E-state index is -0.782. The van der Waals surface area contributed by atoms with Gasteiger partial charge in [-0.25, -0.2) is 0 Å². The fourth-order valence-corrected chi connectivity index (χ4v) is 3.71. The largest absolute Gasteiger partial charge is 0.456 e. The van der Waals surface area contributed by atoms with Crippen LogP contribution < -0.4 is 0 Å². The van der Waals surface area contributed by atoms with Crippen LogP contribution in [0.1, 0.15) is 43.8 Å². The molecule has 0 bridgehead atoms. The molecule has 0 fully saturated rings. The molecule has 2 aromatic rings. The Kier molecular flexibility index (Phi) is 4.77. The summed E-state index contributed by atoms with van der Waals surface area (Å²) in [6.07, 6.45) is 3.13. The molecule has 0 radical (unpaired) electrons. The van der Waals surface area contributed by atoms with E-state index in [-0.39, 0.29) is 12.2 Å². The maximum Gasteiger partial charge on any atom is 0.326 e. The number of fused-ring (bicyclic) bond motifs is 2. The molecule has 0 spiro atoms. The highest BCUT2D eigenvalue weighted by atomic mass is 16.5. The van der Waals surface area contributed by atoms with Crippen LogP contribution in [0, 0.1) is 0 Å². The Morgan fingerprint density at radius 1 is 0.964 bits per heavy atom. The van der Waals surface area contributed by atoms with E-state index in [1.165, 1.54) is 11.1 Å². The van der Waals surface area contributed by atoms with Gasteiger partial charge in [0, 0.05) is 11.1 Å². The number of ketones is 1. The van der Waals surface area contributed by atoms with Crippen LogP contribution in [0.4, 0.5) is 0 Å². The summed E-state index contributed by atoms with van der Waals surface area (Å²) in [4.78, 5) is 50.0. The van der Waals surface area contributed by atoms with Gasteiger partial charge in [-0.15, -0.1) is 0 Å². The third kappa shape index (κ3) is 3.45. The lowest BCUT2D eigenvalue weighted by Crippen LogP contribution is -2.45. The predicted molar refractivity (Wildman–Crippen MR) is 99.9 cm³/mol. The number of esters is 1. The number of Topliss-reactive ketones (excluding diaryl/α,β-unsaturated/α-hetero) is 1. The van der Waals surface area contributed by atoms with Crippen molar-refractivity contribution in [3.8, 4) is 0 Å². The van der Waals surface area contributed by atoms with Crippen LogP contribution in [0.2, 0.25) is 0 Å². The van der Waals surface area contributed by atoms with E-state index in [1.54, 1.807) is 30.3 Å². The van der Waals surface area contributed by atoms with Gasteiger partial charge < -0.3 is 4.74 Å². The molecule has 28 heavy (non-hydrogen) atoms. The summed E-state index contributed by atoms with van der Waals surface area (Å²) >= 11 is 0. The molecule has 2 aliphatic rings. The Morgan fingerprint density at radius 3 is 2.61 bits per heavy atom. The van der Waals surface area contributed by atoms with Crippen molar-refractivity contribution in [3.63, 3.8) is 0 Å². The average Bonchev–Trinajstić information content (AvgIpc) is 3.17. The highest BCUT2D eigenvalue weighted by Crippen LogP contribution is 2.23. The Bertz CT molecular complexity index is 994. The lowest BCUT2D eigenvalue weighted by Gasteiger charge is -2.25. The number of nitrogens with zero attached hydrogens (tertiary/aromatic N) is 1. The van der Waals surface area contributed by atoms with Crippen LogP contribution in [0.3, 0.4) is 0 Å². The van der Waals surface area contributed by atoms with Crippen LogP contribution in [-0.2, 0) is 33.6 Å². The molecule has 142 valence electrons. The van der Waals surface area contributed by atoms with E-state index in [4.69, 9.17) is 4.74 Å². The molecule has 0 aromatic heterocycles. The van der Waals surface area contributed by atoms with Crippen molar-refractivity contribution < 1.29 is 23.9 Å². The number of aryl methyl sites for hydroxylation is 2. The Balaban J connectivity index is 1.36. The van der Waals surface area contributed by atoms with Crippen molar-refractivity contribution in [2.75, 3.05) is 13.2 Å². The predicted octanol–water partition coefficient (Wildman–Crippen LogP) is 2.13. The van der Waals surface area contributed by atoms with Gasteiger partial charge >= 0.3 is 5.97 Å². The van der Waals surface area contributed by atoms with E-state index in [2.05, 4.69) is 0 Å². The van der Waals surface area contributed by atoms with E-state index in [9.17, 15) is 19.2 Å². The summed E-state index contributed by atoms with van der Waals surface area (Å²) in [5.74, 6) is -2.06. The molecule has 0 saturated heterocycles. The molecule has 2 amide bonds. The lowest BCUT2D eigenvalue weighted by atomic mass is 9.98. The average molecular weight is 377 g/mol. The minimum Gasteiger partial charge on any atom is -0.456 e. The summed E-state index contributed by atoms with van der Waals surface area (Å²) < 4.78 is 5.03. The number of hydrogen-bond acceptors (Lipinski definition) is 5. The highest BCUT2D eigenvalue weighted by Gasteiger charge is 2.32. The Labute approximate surface area is 162 Å². The number of hydrogen-bond donors (Lipinski definition) is 0. The summed E-state index contributed by atoms with van der Waals surface area (Å²) in [7, 11) is 0. The quantitative estimate of drug-likeness (QED) is 0.453. The molecule has 6 heteroatoms. The van der Waals surface area contributed by atoms with Gasteiger partial charge in [0.05, 0.1) is 6.42 Å². The first kappa shape index (κ1) is 18.1. The van der Waals surface area contributed by atoms with Gasteiger partial charge in [0.15, 0.2) is 12.4 Å². The molecule has 4 rings (SSSR count).